The molecular formula is C20H31N5. The Labute approximate surface area is 151 Å². The highest BCUT2D eigenvalue weighted by molar-refractivity contribution is 5.67. The summed E-state index contributed by atoms with van der Waals surface area (Å²) in [6, 6.07) is 8.49. The minimum Gasteiger partial charge on any atom is -0.369 e. The Bertz CT molecular complexity index is 653. The van der Waals surface area contributed by atoms with Gasteiger partial charge >= 0.3 is 0 Å². The van der Waals surface area contributed by atoms with Crippen LogP contribution in [0, 0.1) is 0 Å². The lowest BCUT2D eigenvalue weighted by atomic mass is 9.92. The molecule has 0 amide bonds. The van der Waals surface area contributed by atoms with Gasteiger partial charge in [0.05, 0.1) is 0 Å². The zero-order chi connectivity index (χ0) is 18.4. The SMILES string of the molecule is CC(C)c1cccc(C(C)C)c1Nc1cc(NCCN(C)C)ncn1. The average molecular weight is 342 g/mol. The number of hydrogen-bond donors (Lipinski definition) is 2. The first-order valence-corrected chi connectivity index (χ1v) is 8.99. The lowest BCUT2D eigenvalue weighted by Crippen LogP contribution is -2.21. The van der Waals surface area contributed by atoms with E-state index in [1.165, 1.54) is 16.8 Å². The van der Waals surface area contributed by atoms with Gasteiger partial charge in [0.2, 0.25) is 0 Å². The van der Waals surface area contributed by atoms with Gasteiger partial charge in [0.15, 0.2) is 0 Å². The smallest absolute Gasteiger partial charge is 0.135 e. The number of nitrogens with one attached hydrogen (secondary N) is 2. The molecule has 1 aromatic carbocycles. The van der Waals surface area contributed by atoms with Gasteiger partial charge in [0, 0.05) is 24.8 Å². The first-order valence-electron chi connectivity index (χ1n) is 8.99. The van der Waals surface area contributed by atoms with Gasteiger partial charge in [0.1, 0.15) is 18.0 Å². The topological polar surface area (TPSA) is 53.1 Å². The lowest BCUT2D eigenvalue weighted by Gasteiger charge is -2.20. The predicted molar refractivity (Wildman–Crippen MR) is 107 cm³/mol. The van der Waals surface area contributed by atoms with Gasteiger partial charge in [-0.25, -0.2) is 9.97 Å². The van der Waals surface area contributed by atoms with Gasteiger partial charge < -0.3 is 15.5 Å². The minimum atomic E-state index is 0.445. The maximum Gasteiger partial charge on any atom is 0.135 e. The number of nitrogens with zero attached hydrogens (tertiary/aromatic N) is 3. The van der Waals surface area contributed by atoms with Crippen LogP contribution in [0.4, 0.5) is 17.3 Å². The van der Waals surface area contributed by atoms with E-state index in [0.717, 1.165) is 24.7 Å². The molecule has 0 saturated heterocycles. The fraction of sp³-hybridized carbons (Fsp3) is 0.500. The molecule has 5 nitrogen and oxygen atoms in total. The van der Waals surface area contributed by atoms with Gasteiger partial charge in [-0.1, -0.05) is 45.9 Å². The van der Waals surface area contributed by atoms with Gasteiger partial charge in [-0.3, -0.25) is 0 Å². The number of likely N-dealkylation sites (N-methyl/N-ethyl adjacent to an activating group) is 1. The second-order valence-corrected chi connectivity index (χ2v) is 7.26. The molecule has 0 atom stereocenters. The number of benzene rings is 1. The van der Waals surface area contributed by atoms with E-state index in [2.05, 4.69) is 85.5 Å². The van der Waals surface area contributed by atoms with Crippen LogP contribution in [0.1, 0.15) is 50.7 Å². The molecule has 2 rings (SSSR count). The van der Waals surface area contributed by atoms with Crippen LogP contribution in [-0.2, 0) is 0 Å². The monoisotopic (exact) mass is 341 g/mol. The molecule has 0 aliphatic heterocycles. The fourth-order valence-corrected chi connectivity index (χ4v) is 2.75. The molecule has 0 aliphatic carbocycles. The van der Waals surface area contributed by atoms with Gasteiger partial charge in [-0.2, -0.15) is 0 Å². The van der Waals surface area contributed by atoms with Crippen molar-refractivity contribution in [3.63, 3.8) is 0 Å². The maximum atomic E-state index is 4.41. The molecule has 2 N–H and O–H groups in total. The standard InChI is InChI=1S/C20H31N5/c1-14(2)16-8-7-9-17(15(3)4)20(16)24-19-12-18(22-13-23-19)21-10-11-25(5)6/h7-9,12-15H,10-11H2,1-6H3,(H2,21,22,23,24). The Balaban J connectivity index is 2.24. The summed E-state index contributed by atoms with van der Waals surface area (Å²) < 4.78 is 0. The van der Waals surface area contributed by atoms with E-state index in [1.54, 1.807) is 6.33 Å². The largest absolute Gasteiger partial charge is 0.369 e. The van der Waals surface area contributed by atoms with Crippen molar-refractivity contribution in [2.24, 2.45) is 0 Å². The Morgan fingerprint density at radius 2 is 1.56 bits per heavy atom. The number of rotatable bonds is 8. The summed E-state index contributed by atoms with van der Waals surface area (Å²) in [5.74, 6) is 2.55. The zero-order valence-corrected chi connectivity index (χ0v) is 16.3. The van der Waals surface area contributed by atoms with Crippen LogP contribution >= 0.6 is 0 Å². The highest BCUT2D eigenvalue weighted by Crippen LogP contribution is 2.34. The Kier molecular flexibility index (Phi) is 6.76. The van der Waals surface area contributed by atoms with Crippen molar-refractivity contribution in [2.75, 3.05) is 37.8 Å². The lowest BCUT2D eigenvalue weighted by molar-refractivity contribution is 0.425. The van der Waals surface area contributed by atoms with Crippen LogP contribution in [0.15, 0.2) is 30.6 Å². The molecule has 0 fully saturated rings. The molecule has 0 radical (unpaired) electrons. The third-order valence-electron chi connectivity index (χ3n) is 4.16. The van der Waals surface area contributed by atoms with Gasteiger partial charge in [-0.05, 0) is 37.1 Å². The number of hydrogen-bond acceptors (Lipinski definition) is 5. The van der Waals surface area contributed by atoms with E-state index in [1.807, 2.05) is 6.07 Å². The molecule has 136 valence electrons. The summed E-state index contributed by atoms with van der Waals surface area (Å²) in [5, 5.41) is 6.89. The summed E-state index contributed by atoms with van der Waals surface area (Å²) in [4.78, 5) is 10.9. The summed E-state index contributed by atoms with van der Waals surface area (Å²) in [6.45, 7) is 10.7. The summed E-state index contributed by atoms with van der Waals surface area (Å²) in [6.07, 6.45) is 1.60. The maximum absolute atomic E-state index is 4.41. The Morgan fingerprint density at radius 1 is 0.960 bits per heavy atom. The van der Waals surface area contributed by atoms with E-state index in [4.69, 9.17) is 0 Å². The van der Waals surface area contributed by atoms with E-state index < -0.39 is 0 Å². The molecule has 0 spiro atoms. The van der Waals surface area contributed by atoms with Gasteiger partial charge in [0.25, 0.3) is 0 Å². The summed E-state index contributed by atoms with van der Waals surface area (Å²) >= 11 is 0. The Morgan fingerprint density at radius 3 is 2.12 bits per heavy atom. The highest BCUT2D eigenvalue weighted by atomic mass is 15.1. The number of aromatic nitrogens is 2. The minimum absolute atomic E-state index is 0.445. The quantitative estimate of drug-likeness (QED) is 0.743. The molecule has 1 aromatic heterocycles. The van der Waals surface area contributed by atoms with Crippen molar-refractivity contribution in [1.82, 2.24) is 14.9 Å². The van der Waals surface area contributed by atoms with E-state index in [9.17, 15) is 0 Å². The average Bonchev–Trinajstić information content (AvgIpc) is 2.54. The molecule has 2 aromatic rings. The van der Waals surface area contributed by atoms with Crippen LogP contribution in [0.2, 0.25) is 0 Å². The molecule has 5 heteroatoms. The van der Waals surface area contributed by atoms with Crippen molar-refractivity contribution in [3.05, 3.63) is 41.7 Å². The van der Waals surface area contributed by atoms with Crippen molar-refractivity contribution >= 4 is 17.3 Å². The second kappa shape index (κ2) is 8.81. The van der Waals surface area contributed by atoms with Crippen LogP contribution < -0.4 is 10.6 Å². The number of para-hydroxylation sites is 1. The highest BCUT2D eigenvalue weighted by Gasteiger charge is 2.14. The molecule has 25 heavy (non-hydrogen) atoms. The third kappa shape index (κ3) is 5.43. The van der Waals surface area contributed by atoms with Gasteiger partial charge in [-0.15, -0.1) is 0 Å². The predicted octanol–water partition coefficient (Wildman–Crippen LogP) is 4.44. The molecule has 0 saturated carbocycles. The molecule has 0 aliphatic rings. The third-order valence-corrected chi connectivity index (χ3v) is 4.16. The van der Waals surface area contributed by atoms with E-state index in [-0.39, 0.29) is 0 Å². The van der Waals surface area contributed by atoms with Crippen molar-refractivity contribution in [3.8, 4) is 0 Å². The van der Waals surface area contributed by atoms with Crippen molar-refractivity contribution in [2.45, 2.75) is 39.5 Å². The summed E-state index contributed by atoms with van der Waals surface area (Å²) in [5.41, 5.74) is 3.80. The zero-order valence-electron chi connectivity index (χ0n) is 16.3. The fourth-order valence-electron chi connectivity index (χ4n) is 2.75. The first kappa shape index (κ1) is 19.2. The van der Waals surface area contributed by atoms with E-state index >= 15 is 0 Å². The first-order chi connectivity index (χ1) is 11.9. The molecule has 0 unspecified atom stereocenters. The van der Waals surface area contributed by atoms with Crippen LogP contribution in [0.5, 0.6) is 0 Å². The second-order valence-electron chi connectivity index (χ2n) is 7.26. The molecule has 1 heterocycles. The van der Waals surface area contributed by atoms with Crippen LogP contribution in [0.25, 0.3) is 0 Å². The van der Waals surface area contributed by atoms with Crippen LogP contribution in [-0.4, -0.2) is 42.1 Å². The summed E-state index contributed by atoms with van der Waals surface area (Å²) in [7, 11) is 4.12. The van der Waals surface area contributed by atoms with Crippen molar-refractivity contribution < 1.29 is 0 Å². The van der Waals surface area contributed by atoms with E-state index in [0.29, 0.717) is 11.8 Å². The Hall–Kier alpha value is -2.14. The van der Waals surface area contributed by atoms with Crippen molar-refractivity contribution in [1.29, 1.82) is 0 Å². The number of anilines is 3. The molecular weight excluding hydrogens is 310 g/mol. The normalized spacial score (nSPS) is 11.4. The van der Waals surface area contributed by atoms with Crippen LogP contribution in [0.3, 0.4) is 0 Å². The molecule has 0 bridgehead atoms.